The normalized spacial score (nSPS) is 18.2. The second-order valence-electron chi connectivity index (χ2n) is 5.09. The molecule has 1 aromatic rings. The van der Waals surface area contributed by atoms with E-state index in [1.807, 2.05) is 0 Å². The Morgan fingerprint density at radius 3 is 2.50 bits per heavy atom. The van der Waals surface area contributed by atoms with E-state index in [-0.39, 0.29) is 5.56 Å². The molecule has 1 atom stereocenters. The summed E-state index contributed by atoms with van der Waals surface area (Å²) in [6.45, 7) is 1.87. The molecule has 0 aromatic heterocycles. The third kappa shape index (κ3) is 4.14. The molecule has 1 aromatic carbocycles. The minimum atomic E-state index is -4.42. The number of nitro benzene ring substituents is 1. The van der Waals surface area contributed by atoms with Crippen LogP contribution in [0.15, 0.2) is 18.2 Å². The van der Waals surface area contributed by atoms with Crippen LogP contribution in [0, 0.1) is 15.9 Å². The summed E-state index contributed by atoms with van der Waals surface area (Å²) < 4.78 is 51.9. The van der Waals surface area contributed by atoms with Gasteiger partial charge in [0.25, 0.3) is 0 Å². The molecule has 0 bridgehead atoms. The van der Waals surface area contributed by atoms with Gasteiger partial charge in [0, 0.05) is 38.3 Å². The summed E-state index contributed by atoms with van der Waals surface area (Å²) in [5, 5.41) is 13.8. The molecule has 0 aliphatic carbocycles. The molecule has 0 unspecified atom stereocenters. The van der Waals surface area contributed by atoms with Crippen LogP contribution in [0.2, 0.25) is 0 Å². The van der Waals surface area contributed by atoms with Gasteiger partial charge in [0.1, 0.15) is 0 Å². The average molecular weight is 321 g/mol. The molecule has 2 rings (SSSR count). The number of nitro groups is 1. The minimum Gasteiger partial charge on any atom is -0.314 e. The summed E-state index contributed by atoms with van der Waals surface area (Å²) in [6, 6.07) is 1.87. The lowest BCUT2D eigenvalue weighted by molar-refractivity contribution is -0.387. The van der Waals surface area contributed by atoms with Gasteiger partial charge in [0.15, 0.2) is 0 Å². The first-order valence-corrected chi connectivity index (χ1v) is 6.73. The molecule has 1 saturated heterocycles. The fraction of sp³-hybridized carbons (Fsp3) is 0.538. The largest absolute Gasteiger partial charge is 0.390 e. The molecule has 0 amide bonds. The van der Waals surface area contributed by atoms with Gasteiger partial charge in [-0.15, -0.1) is 0 Å². The highest BCUT2D eigenvalue weighted by Gasteiger charge is 2.36. The third-order valence-corrected chi connectivity index (χ3v) is 3.57. The summed E-state index contributed by atoms with van der Waals surface area (Å²) in [5.74, 6) is -1.06. The van der Waals surface area contributed by atoms with Crippen molar-refractivity contribution in [2.24, 2.45) is 0 Å². The van der Waals surface area contributed by atoms with Crippen LogP contribution in [-0.2, 0) is 0 Å². The van der Waals surface area contributed by atoms with E-state index in [0.717, 1.165) is 12.1 Å². The van der Waals surface area contributed by atoms with Crippen molar-refractivity contribution >= 4 is 5.69 Å². The standard InChI is InChI=1S/C13H15F4N3O2/c14-10-2-1-9(7-11(10)20(21)22)12(8-13(15,16)17)19-5-3-18-4-6-19/h1-2,7,12,18H,3-6,8H2/t12-/m0/s1. The lowest BCUT2D eigenvalue weighted by atomic mass is 10.00. The van der Waals surface area contributed by atoms with E-state index in [2.05, 4.69) is 5.32 Å². The van der Waals surface area contributed by atoms with Gasteiger partial charge in [-0.25, -0.2) is 0 Å². The first-order chi connectivity index (χ1) is 10.3. The van der Waals surface area contributed by atoms with Gasteiger partial charge in [0.2, 0.25) is 5.82 Å². The number of hydrogen-bond donors (Lipinski definition) is 1. The van der Waals surface area contributed by atoms with E-state index in [9.17, 15) is 27.7 Å². The summed E-state index contributed by atoms with van der Waals surface area (Å²) in [7, 11) is 0. The number of nitrogens with one attached hydrogen (secondary N) is 1. The molecule has 1 aliphatic heterocycles. The Morgan fingerprint density at radius 2 is 1.95 bits per heavy atom. The Labute approximate surface area is 124 Å². The molecule has 1 heterocycles. The van der Waals surface area contributed by atoms with Crippen LogP contribution < -0.4 is 5.32 Å². The second kappa shape index (κ2) is 6.57. The maximum absolute atomic E-state index is 13.4. The fourth-order valence-electron chi connectivity index (χ4n) is 2.55. The van der Waals surface area contributed by atoms with Crippen molar-refractivity contribution < 1.29 is 22.5 Å². The topological polar surface area (TPSA) is 58.4 Å². The van der Waals surface area contributed by atoms with Crippen LogP contribution in [0.1, 0.15) is 18.0 Å². The molecule has 1 fully saturated rings. The summed E-state index contributed by atoms with van der Waals surface area (Å²) in [5.41, 5.74) is -0.702. The molecular weight excluding hydrogens is 306 g/mol. The predicted octanol–water partition coefficient (Wildman–Crippen LogP) is 2.63. The highest BCUT2D eigenvalue weighted by Crippen LogP contribution is 2.35. The number of nitrogens with zero attached hydrogens (tertiary/aromatic N) is 2. The molecule has 9 heteroatoms. The van der Waals surface area contributed by atoms with Crippen molar-refractivity contribution in [3.05, 3.63) is 39.7 Å². The van der Waals surface area contributed by atoms with Crippen molar-refractivity contribution in [3.63, 3.8) is 0 Å². The zero-order valence-corrected chi connectivity index (χ0v) is 11.6. The fourth-order valence-corrected chi connectivity index (χ4v) is 2.55. The lowest BCUT2D eigenvalue weighted by Crippen LogP contribution is -2.46. The number of benzene rings is 1. The zero-order valence-electron chi connectivity index (χ0n) is 11.6. The van der Waals surface area contributed by atoms with Gasteiger partial charge in [-0.05, 0) is 11.6 Å². The average Bonchev–Trinajstić information content (AvgIpc) is 2.45. The number of rotatable bonds is 4. The molecule has 122 valence electrons. The van der Waals surface area contributed by atoms with Crippen LogP contribution in [0.3, 0.4) is 0 Å². The van der Waals surface area contributed by atoms with Crippen molar-refractivity contribution in [1.82, 2.24) is 10.2 Å². The van der Waals surface area contributed by atoms with Gasteiger partial charge >= 0.3 is 11.9 Å². The number of piperazine rings is 1. The van der Waals surface area contributed by atoms with Crippen LogP contribution in [-0.4, -0.2) is 42.2 Å². The summed E-state index contributed by atoms with van der Waals surface area (Å²) in [4.78, 5) is 11.5. The molecule has 0 saturated carbocycles. The van der Waals surface area contributed by atoms with E-state index in [0.29, 0.717) is 26.2 Å². The van der Waals surface area contributed by atoms with Crippen molar-refractivity contribution in [2.45, 2.75) is 18.6 Å². The van der Waals surface area contributed by atoms with Gasteiger partial charge in [0.05, 0.1) is 11.3 Å². The van der Waals surface area contributed by atoms with E-state index in [1.165, 1.54) is 6.07 Å². The maximum Gasteiger partial charge on any atom is 0.390 e. The monoisotopic (exact) mass is 321 g/mol. The Kier molecular flexibility index (Phi) is 4.97. The first kappa shape index (κ1) is 16.6. The van der Waals surface area contributed by atoms with Crippen LogP contribution in [0.25, 0.3) is 0 Å². The number of halogens is 4. The molecule has 1 aliphatic rings. The van der Waals surface area contributed by atoms with Crippen LogP contribution in [0.5, 0.6) is 0 Å². The van der Waals surface area contributed by atoms with Crippen molar-refractivity contribution in [2.75, 3.05) is 26.2 Å². The van der Waals surface area contributed by atoms with Crippen LogP contribution in [0.4, 0.5) is 23.2 Å². The summed E-state index contributed by atoms with van der Waals surface area (Å²) in [6.07, 6.45) is -5.55. The van der Waals surface area contributed by atoms with Crippen LogP contribution >= 0.6 is 0 Å². The Hall–Kier alpha value is -1.74. The van der Waals surface area contributed by atoms with Gasteiger partial charge in [-0.1, -0.05) is 6.07 Å². The van der Waals surface area contributed by atoms with Crippen molar-refractivity contribution in [1.29, 1.82) is 0 Å². The number of hydrogen-bond acceptors (Lipinski definition) is 4. The van der Waals surface area contributed by atoms with Gasteiger partial charge in [-0.2, -0.15) is 17.6 Å². The zero-order chi connectivity index (χ0) is 16.3. The van der Waals surface area contributed by atoms with Crippen molar-refractivity contribution in [3.8, 4) is 0 Å². The van der Waals surface area contributed by atoms with E-state index < -0.39 is 35.1 Å². The predicted molar refractivity (Wildman–Crippen MR) is 70.9 cm³/mol. The minimum absolute atomic E-state index is 0.104. The molecule has 22 heavy (non-hydrogen) atoms. The van der Waals surface area contributed by atoms with E-state index in [4.69, 9.17) is 0 Å². The highest BCUT2D eigenvalue weighted by atomic mass is 19.4. The highest BCUT2D eigenvalue weighted by molar-refractivity contribution is 5.37. The molecule has 5 nitrogen and oxygen atoms in total. The van der Waals surface area contributed by atoms with Gasteiger partial charge < -0.3 is 5.32 Å². The third-order valence-electron chi connectivity index (χ3n) is 3.57. The maximum atomic E-state index is 13.4. The lowest BCUT2D eigenvalue weighted by Gasteiger charge is -2.35. The SMILES string of the molecule is O=[N+]([O-])c1cc([C@H](CC(F)(F)F)N2CCNCC2)ccc1F. The molecule has 0 radical (unpaired) electrons. The second-order valence-corrected chi connectivity index (χ2v) is 5.09. The Bertz CT molecular complexity index is 545. The van der Waals surface area contributed by atoms with E-state index >= 15 is 0 Å². The quantitative estimate of drug-likeness (QED) is 0.526. The molecular formula is C13H15F4N3O2. The van der Waals surface area contributed by atoms with E-state index in [1.54, 1.807) is 4.90 Å². The molecule has 1 N–H and O–H groups in total. The molecule has 0 spiro atoms. The first-order valence-electron chi connectivity index (χ1n) is 6.73. The Morgan fingerprint density at radius 1 is 1.32 bits per heavy atom. The van der Waals surface area contributed by atoms with Gasteiger partial charge in [-0.3, -0.25) is 15.0 Å². The smallest absolute Gasteiger partial charge is 0.314 e. The summed E-state index contributed by atoms with van der Waals surface area (Å²) >= 11 is 0. The number of alkyl halides is 3. The Balaban J connectivity index is 2.35.